The van der Waals surface area contributed by atoms with E-state index in [0.717, 1.165) is 12.8 Å². The van der Waals surface area contributed by atoms with Gasteiger partial charge in [-0.1, -0.05) is 18.9 Å². The summed E-state index contributed by atoms with van der Waals surface area (Å²) < 4.78 is 0. The summed E-state index contributed by atoms with van der Waals surface area (Å²) in [6.45, 7) is 0. The first kappa shape index (κ1) is 12.0. The zero-order valence-electron chi connectivity index (χ0n) is 9.67. The van der Waals surface area contributed by atoms with Crippen molar-refractivity contribution in [3.8, 4) is 0 Å². The molecule has 0 radical (unpaired) electrons. The molecular weight excluding hydrogens is 218 g/mol. The Bertz CT molecular complexity index is 385. The van der Waals surface area contributed by atoms with Crippen LogP contribution in [0.4, 0.5) is 0 Å². The van der Waals surface area contributed by atoms with Crippen LogP contribution in [0.15, 0.2) is 24.4 Å². The van der Waals surface area contributed by atoms with Crippen LogP contribution in [0.25, 0.3) is 0 Å². The Hall–Kier alpha value is -1.42. The number of aliphatic hydroxyl groups excluding tert-OH is 1. The molecule has 1 heterocycles. The van der Waals surface area contributed by atoms with Crippen molar-refractivity contribution in [1.29, 1.82) is 0 Å². The van der Waals surface area contributed by atoms with Gasteiger partial charge >= 0.3 is 5.97 Å². The Labute approximate surface area is 100 Å². The molecule has 1 fully saturated rings. The third-order valence-corrected chi connectivity index (χ3v) is 3.63. The van der Waals surface area contributed by atoms with Crippen molar-refractivity contribution in [3.05, 3.63) is 30.1 Å². The van der Waals surface area contributed by atoms with Gasteiger partial charge in [0.2, 0.25) is 0 Å². The Morgan fingerprint density at radius 2 is 2.12 bits per heavy atom. The molecule has 17 heavy (non-hydrogen) atoms. The van der Waals surface area contributed by atoms with Gasteiger partial charge in [0.25, 0.3) is 0 Å². The number of rotatable bonds is 4. The fourth-order valence-corrected chi connectivity index (χ4v) is 2.60. The molecule has 1 aliphatic rings. The standard InChI is InChI=1S/C13H17NO3/c15-11(10-5-1-4-8-14-10)9-13(12(16)17)6-2-3-7-13/h1,4-5,8,11,15H,2-3,6-7,9H2,(H,16,17). The van der Waals surface area contributed by atoms with Gasteiger partial charge in [-0.05, 0) is 31.4 Å². The van der Waals surface area contributed by atoms with Crippen molar-refractivity contribution in [2.75, 3.05) is 0 Å². The van der Waals surface area contributed by atoms with E-state index in [1.807, 2.05) is 0 Å². The van der Waals surface area contributed by atoms with Gasteiger partial charge in [-0.3, -0.25) is 9.78 Å². The van der Waals surface area contributed by atoms with Gasteiger partial charge in [0, 0.05) is 6.20 Å². The fourth-order valence-electron chi connectivity index (χ4n) is 2.60. The number of aliphatic hydroxyl groups is 1. The van der Waals surface area contributed by atoms with E-state index in [9.17, 15) is 15.0 Å². The van der Waals surface area contributed by atoms with E-state index in [4.69, 9.17) is 0 Å². The lowest BCUT2D eigenvalue weighted by Crippen LogP contribution is -2.30. The van der Waals surface area contributed by atoms with E-state index >= 15 is 0 Å². The smallest absolute Gasteiger partial charge is 0.309 e. The second kappa shape index (κ2) is 4.84. The number of hydrogen-bond acceptors (Lipinski definition) is 3. The van der Waals surface area contributed by atoms with E-state index in [1.54, 1.807) is 24.4 Å². The van der Waals surface area contributed by atoms with Gasteiger partial charge in [-0.2, -0.15) is 0 Å². The molecule has 1 aromatic heterocycles. The predicted octanol–water partition coefficient (Wildman–Crippen LogP) is 2.15. The number of carboxylic acids is 1. The first-order chi connectivity index (χ1) is 8.14. The largest absolute Gasteiger partial charge is 0.481 e. The lowest BCUT2D eigenvalue weighted by molar-refractivity contribution is -0.150. The fraction of sp³-hybridized carbons (Fsp3) is 0.538. The molecule has 1 unspecified atom stereocenters. The zero-order chi connectivity index (χ0) is 12.3. The SMILES string of the molecule is O=C(O)C1(CC(O)c2ccccn2)CCCC1. The van der Waals surface area contributed by atoms with Gasteiger partial charge < -0.3 is 10.2 Å². The number of carbonyl (C=O) groups is 1. The van der Waals surface area contributed by atoms with Crippen LogP contribution in [0, 0.1) is 5.41 Å². The lowest BCUT2D eigenvalue weighted by Gasteiger charge is -2.26. The number of aliphatic carboxylic acids is 1. The summed E-state index contributed by atoms with van der Waals surface area (Å²) in [5.74, 6) is -0.787. The summed E-state index contributed by atoms with van der Waals surface area (Å²) >= 11 is 0. The highest BCUT2D eigenvalue weighted by Crippen LogP contribution is 2.44. The minimum atomic E-state index is -0.787. The molecule has 4 nitrogen and oxygen atoms in total. The number of pyridine rings is 1. The molecule has 0 bridgehead atoms. The van der Waals surface area contributed by atoms with E-state index in [1.165, 1.54) is 0 Å². The molecule has 0 aromatic carbocycles. The molecule has 1 aliphatic carbocycles. The summed E-state index contributed by atoms with van der Waals surface area (Å²) in [6, 6.07) is 5.31. The van der Waals surface area contributed by atoms with Crippen LogP contribution in [-0.4, -0.2) is 21.2 Å². The molecule has 0 saturated heterocycles. The van der Waals surface area contributed by atoms with Crippen LogP contribution in [0.2, 0.25) is 0 Å². The summed E-state index contributed by atoms with van der Waals surface area (Å²) in [4.78, 5) is 15.4. The first-order valence-corrected chi connectivity index (χ1v) is 5.96. The second-order valence-corrected chi connectivity index (χ2v) is 4.77. The molecule has 92 valence electrons. The molecule has 4 heteroatoms. The van der Waals surface area contributed by atoms with Crippen LogP contribution >= 0.6 is 0 Å². The first-order valence-electron chi connectivity index (χ1n) is 5.96. The van der Waals surface area contributed by atoms with Gasteiger partial charge in [-0.15, -0.1) is 0 Å². The zero-order valence-corrected chi connectivity index (χ0v) is 9.67. The van der Waals surface area contributed by atoms with Crippen molar-refractivity contribution < 1.29 is 15.0 Å². The number of carboxylic acid groups (broad SMARTS) is 1. The van der Waals surface area contributed by atoms with Crippen molar-refractivity contribution in [2.24, 2.45) is 5.41 Å². The van der Waals surface area contributed by atoms with E-state index in [-0.39, 0.29) is 6.42 Å². The van der Waals surface area contributed by atoms with Crippen molar-refractivity contribution in [3.63, 3.8) is 0 Å². The quantitative estimate of drug-likeness (QED) is 0.838. The Morgan fingerprint density at radius 1 is 1.41 bits per heavy atom. The highest BCUT2D eigenvalue weighted by Gasteiger charge is 2.43. The van der Waals surface area contributed by atoms with Crippen molar-refractivity contribution in [1.82, 2.24) is 4.98 Å². The van der Waals surface area contributed by atoms with Crippen molar-refractivity contribution >= 4 is 5.97 Å². The van der Waals surface area contributed by atoms with Gasteiger partial charge in [0.05, 0.1) is 17.2 Å². The maximum Gasteiger partial charge on any atom is 0.309 e. The molecule has 0 amide bonds. The topological polar surface area (TPSA) is 70.4 Å². The van der Waals surface area contributed by atoms with Gasteiger partial charge in [0.15, 0.2) is 0 Å². The van der Waals surface area contributed by atoms with Crippen LogP contribution < -0.4 is 0 Å². The number of nitrogens with zero attached hydrogens (tertiary/aromatic N) is 1. The van der Waals surface area contributed by atoms with Crippen molar-refractivity contribution in [2.45, 2.75) is 38.2 Å². The van der Waals surface area contributed by atoms with Gasteiger partial charge in [-0.25, -0.2) is 0 Å². The predicted molar refractivity (Wildman–Crippen MR) is 62.4 cm³/mol. The highest BCUT2D eigenvalue weighted by molar-refractivity contribution is 5.75. The highest BCUT2D eigenvalue weighted by atomic mass is 16.4. The average molecular weight is 235 g/mol. The normalized spacial score (nSPS) is 20.1. The lowest BCUT2D eigenvalue weighted by atomic mass is 9.80. The van der Waals surface area contributed by atoms with Crippen LogP contribution in [-0.2, 0) is 4.79 Å². The van der Waals surface area contributed by atoms with E-state index < -0.39 is 17.5 Å². The second-order valence-electron chi connectivity index (χ2n) is 4.77. The van der Waals surface area contributed by atoms with Crippen LogP contribution in [0.1, 0.15) is 43.9 Å². The van der Waals surface area contributed by atoms with E-state index in [2.05, 4.69) is 4.98 Å². The Balaban J connectivity index is 2.11. The molecule has 0 aliphatic heterocycles. The molecule has 2 N–H and O–H groups in total. The number of hydrogen-bond donors (Lipinski definition) is 2. The minimum absolute atomic E-state index is 0.263. The molecular formula is C13H17NO3. The molecule has 0 spiro atoms. The third-order valence-electron chi connectivity index (χ3n) is 3.63. The third kappa shape index (κ3) is 2.47. The molecule has 1 atom stereocenters. The summed E-state index contributed by atoms with van der Waals surface area (Å²) in [5.41, 5.74) is -0.197. The monoisotopic (exact) mass is 235 g/mol. The number of aromatic nitrogens is 1. The summed E-state index contributed by atoms with van der Waals surface area (Å²) in [6.07, 6.45) is 4.27. The molecule has 1 saturated carbocycles. The maximum atomic E-state index is 11.4. The maximum absolute atomic E-state index is 11.4. The van der Waals surface area contributed by atoms with E-state index in [0.29, 0.717) is 18.5 Å². The molecule has 2 rings (SSSR count). The minimum Gasteiger partial charge on any atom is -0.481 e. The Morgan fingerprint density at radius 3 is 2.65 bits per heavy atom. The molecule has 1 aromatic rings. The van der Waals surface area contributed by atoms with Gasteiger partial charge in [0.1, 0.15) is 0 Å². The Kier molecular flexibility index (Phi) is 3.43. The average Bonchev–Trinajstić information content (AvgIpc) is 2.80. The summed E-state index contributed by atoms with van der Waals surface area (Å²) in [7, 11) is 0. The van der Waals surface area contributed by atoms with Crippen LogP contribution in [0.5, 0.6) is 0 Å². The summed E-state index contributed by atoms with van der Waals surface area (Å²) in [5, 5.41) is 19.4. The van der Waals surface area contributed by atoms with Crippen LogP contribution in [0.3, 0.4) is 0 Å².